The smallest absolute Gasteiger partial charge is 0.265 e. The van der Waals surface area contributed by atoms with Gasteiger partial charge in [0.25, 0.3) is 5.91 Å². The van der Waals surface area contributed by atoms with Crippen LogP contribution in [0.15, 0.2) is 17.2 Å². The van der Waals surface area contributed by atoms with Crippen molar-refractivity contribution in [2.75, 3.05) is 19.6 Å². The number of primary amides is 1. The number of nitrogens with zero attached hydrogens (tertiary/aromatic N) is 2. The number of likely N-dealkylation sites (N-methyl/N-ethyl adjacent to an activating group) is 1. The lowest BCUT2D eigenvalue weighted by Crippen LogP contribution is -2.39. The van der Waals surface area contributed by atoms with E-state index >= 15 is 0 Å². The number of aromatic nitrogens is 1. The van der Waals surface area contributed by atoms with E-state index in [1.807, 2.05) is 6.92 Å². The topological polar surface area (TPSA) is 97.4 Å². The molecule has 1 aromatic rings. The van der Waals surface area contributed by atoms with E-state index < -0.39 is 15.9 Å². The summed E-state index contributed by atoms with van der Waals surface area (Å²) in [6.07, 6.45) is 1.40. The number of rotatable bonds is 5. The summed E-state index contributed by atoms with van der Waals surface area (Å²) in [5.41, 5.74) is 5.38. The third-order valence-electron chi connectivity index (χ3n) is 3.98. The lowest BCUT2D eigenvalue weighted by molar-refractivity contribution is 0.0992. The molecule has 2 atom stereocenters. The fourth-order valence-electron chi connectivity index (χ4n) is 2.67. The number of aryl methyl sites for hydroxylation is 1. The molecule has 1 aliphatic heterocycles. The summed E-state index contributed by atoms with van der Waals surface area (Å²) in [5, 5.41) is 0. The van der Waals surface area contributed by atoms with Gasteiger partial charge in [-0.15, -0.1) is 0 Å². The maximum atomic E-state index is 12.4. The van der Waals surface area contributed by atoms with Gasteiger partial charge in [0.1, 0.15) is 10.6 Å². The highest BCUT2D eigenvalue weighted by Crippen LogP contribution is 2.20. The molecule has 0 spiro atoms. The predicted molar refractivity (Wildman–Crippen MR) is 79.3 cm³/mol. The predicted octanol–water partition coefficient (Wildman–Crippen LogP) is -0.257. The first kappa shape index (κ1) is 16.0. The highest BCUT2D eigenvalue weighted by Gasteiger charge is 2.32. The zero-order valence-electron chi connectivity index (χ0n) is 12.5. The van der Waals surface area contributed by atoms with Gasteiger partial charge in [0, 0.05) is 32.4 Å². The Morgan fingerprint density at radius 3 is 2.62 bits per heavy atom. The molecule has 0 aromatic carbocycles. The minimum absolute atomic E-state index is 0.0703. The second-order valence-corrected chi connectivity index (χ2v) is 7.31. The summed E-state index contributed by atoms with van der Waals surface area (Å²) in [7, 11) is -2.06. The van der Waals surface area contributed by atoms with Gasteiger partial charge in [-0.25, -0.2) is 13.1 Å². The number of carbonyl (C=O) groups is 1. The maximum Gasteiger partial charge on any atom is 0.265 e. The van der Waals surface area contributed by atoms with E-state index in [4.69, 9.17) is 5.73 Å². The lowest BCUT2D eigenvalue weighted by Gasteiger charge is -2.16. The minimum atomic E-state index is -3.65. The van der Waals surface area contributed by atoms with Crippen LogP contribution in [0, 0.1) is 5.92 Å². The molecule has 1 aliphatic rings. The van der Waals surface area contributed by atoms with Crippen molar-refractivity contribution in [2.45, 2.75) is 24.8 Å². The van der Waals surface area contributed by atoms with Crippen LogP contribution in [0.5, 0.6) is 0 Å². The van der Waals surface area contributed by atoms with Crippen LogP contribution in [0.4, 0.5) is 0 Å². The normalized spacial score (nSPS) is 23.6. The van der Waals surface area contributed by atoms with E-state index in [1.54, 1.807) is 7.05 Å². The number of hydrogen-bond acceptors (Lipinski definition) is 4. The number of nitrogens with two attached hydrogens (primary N) is 1. The van der Waals surface area contributed by atoms with Crippen molar-refractivity contribution >= 4 is 15.9 Å². The Hall–Kier alpha value is -1.38. The summed E-state index contributed by atoms with van der Waals surface area (Å²) >= 11 is 0. The average molecular weight is 314 g/mol. The molecule has 2 heterocycles. The summed E-state index contributed by atoms with van der Waals surface area (Å²) in [5.74, 6) is -0.399. The third kappa shape index (κ3) is 3.28. The quantitative estimate of drug-likeness (QED) is 0.782. The zero-order chi connectivity index (χ0) is 15.8. The van der Waals surface area contributed by atoms with Crippen molar-refractivity contribution in [1.29, 1.82) is 0 Å². The van der Waals surface area contributed by atoms with Crippen LogP contribution in [0.3, 0.4) is 0 Å². The van der Waals surface area contributed by atoms with Crippen LogP contribution >= 0.6 is 0 Å². The highest BCUT2D eigenvalue weighted by atomic mass is 32.2. The average Bonchev–Trinajstić information content (AvgIpc) is 2.93. The summed E-state index contributed by atoms with van der Waals surface area (Å²) < 4.78 is 29.0. The van der Waals surface area contributed by atoms with E-state index in [1.165, 1.54) is 16.8 Å². The highest BCUT2D eigenvalue weighted by molar-refractivity contribution is 7.89. The molecule has 1 fully saturated rings. The molecule has 0 aliphatic carbocycles. The third-order valence-corrected chi connectivity index (χ3v) is 5.44. The van der Waals surface area contributed by atoms with Crippen LogP contribution in [0.2, 0.25) is 0 Å². The Kier molecular flexibility index (Phi) is 4.40. The molecule has 21 heavy (non-hydrogen) atoms. The monoisotopic (exact) mass is 314 g/mol. The van der Waals surface area contributed by atoms with Crippen molar-refractivity contribution in [3.63, 3.8) is 0 Å². The van der Waals surface area contributed by atoms with Crippen molar-refractivity contribution in [3.05, 3.63) is 18.0 Å². The molecular weight excluding hydrogens is 292 g/mol. The van der Waals surface area contributed by atoms with Gasteiger partial charge in [-0.1, -0.05) is 13.8 Å². The Morgan fingerprint density at radius 1 is 1.48 bits per heavy atom. The molecule has 1 amide bonds. The SMILES string of the molecule is CCN1C[C@H](NS(=O)(=O)c2cc(C(N)=O)n(C)c2)[C@@H](C)C1. The molecule has 0 saturated carbocycles. The van der Waals surface area contributed by atoms with E-state index in [9.17, 15) is 13.2 Å². The van der Waals surface area contributed by atoms with E-state index in [0.717, 1.165) is 13.1 Å². The van der Waals surface area contributed by atoms with Gasteiger partial charge >= 0.3 is 0 Å². The first-order chi connectivity index (χ1) is 9.74. The maximum absolute atomic E-state index is 12.4. The van der Waals surface area contributed by atoms with Gasteiger partial charge < -0.3 is 15.2 Å². The number of likely N-dealkylation sites (tertiary alicyclic amines) is 1. The molecule has 0 unspecified atom stereocenters. The van der Waals surface area contributed by atoms with Gasteiger partial charge in [0.15, 0.2) is 0 Å². The summed E-state index contributed by atoms with van der Waals surface area (Å²) in [4.78, 5) is 13.5. The van der Waals surface area contributed by atoms with Crippen molar-refractivity contribution in [3.8, 4) is 0 Å². The van der Waals surface area contributed by atoms with Crippen LogP contribution in [0.1, 0.15) is 24.3 Å². The molecule has 7 nitrogen and oxygen atoms in total. The van der Waals surface area contributed by atoms with E-state index in [-0.39, 0.29) is 22.5 Å². The first-order valence-corrected chi connectivity index (χ1v) is 8.43. The minimum Gasteiger partial charge on any atom is -0.364 e. The standard InChI is InChI=1S/C13H22N4O3S/c1-4-17-6-9(2)11(8-17)15-21(19,20)10-5-12(13(14)18)16(3)7-10/h5,7,9,11,15H,4,6,8H2,1-3H3,(H2,14,18)/t9-,11-/m0/s1. The Labute approximate surface area is 125 Å². The number of nitrogens with one attached hydrogen (secondary N) is 1. The van der Waals surface area contributed by atoms with E-state index in [2.05, 4.69) is 16.5 Å². The van der Waals surface area contributed by atoms with Gasteiger partial charge in [-0.05, 0) is 18.5 Å². The van der Waals surface area contributed by atoms with Crippen molar-refractivity contribution in [1.82, 2.24) is 14.2 Å². The van der Waals surface area contributed by atoms with Crippen LogP contribution in [-0.4, -0.2) is 49.5 Å². The van der Waals surface area contributed by atoms with E-state index in [0.29, 0.717) is 6.54 Å². The van der Waals surface area contributed by atoms with Crippen LogP contribution in [-0.2, 0) is 17.1 Å². The van der Waals surface area contributed by atoms with Gasteiger partial charge in [0.05, 0.1) is 0 Å². The second-order valence-electron chi connectivity index (χ2n) is 5.59. The molecule has 0 radical (unpaired) electrons. The second kappa shape index (κ2) is 5.78. The molecule has 8 heteroatoms. The van der Waals surface area contributed by atoms with Crippen LogP contribution in [0.25, 0.3) is 0 Å². The fourth-order valence-corrected chi connectivity index (χ4v) is 4.08. The van der Waals surface area contributed by atoms with Crippen molar-refractivity contribution in [2.24, 2.45) is 18.7 Å². The zero-order valence-corrected chi connectivity index (χ0v) is 13.4. The Balaban J connectivity index is 2.19. The summed E-state index contributed by atoms with van der Waals surface area (Å²) in [6, 6.07) is 1.19. The summed E-state index contributed by atoms with van der Waals surface area (Å²) in [6.45, 7) is 6.57. The molecule has 118 valence electrons. The molecule has 1 saturated heterocycles. The van der Waals surface area contributed by atoms with Crippen LogP contribution < -0.4 is 10.5 Å². The lowest BCUT2D eigenvalue weighted by atomic mass is 10.1. The number of carbonyl (C=O) groups excluding carboxylic acids is 1. The number of hydrogen-bond donors (Lipinski definition) is 2. The largest absolute Gasteiger partial charge is 0.364 e. The molecule has 1 aromatic heterocycles. The molecule has 2 rings (SSSR count). The fraction of sp³-hybridized carbons (Fsp3) is 0.615. The van der Waals surface area contributed by atoms with Gasteiger partial charge in [-0.3, -0.25) is 4.79 Å². The Morgan fingerprint density at radius 2 is 2.14 bits per heavy atom. The van der Waals surface area contributed by atoms with Gasteiger partial charge in [-0.2, -0.15) is 0 Å². The molecule has 0 bridgehead atoms. The van der Waals surface area contributed by atoms with Gasteiger partial charge in [0.2, 0.25) is 10.0 Å². The number of sulfonamides is 1. The van der Waals surface area contributed by atoms with Crippen molar-refractivity contribution < 1.29 is 13.2 Å². The molecular formula is C13H22N4O3S. The Bertz CT molecular complexity index is 638. The molecule has 3 N–H and O–H groups in total. The number of amides is 1. The first-order valence-electron chi connectivity index (χ1n) is 6.95.